The number of hydrogen-bond acceptors (Lipinski definition) is 8. The molecule has 2 fully saturated rings. The molecule has 192 valence electrons. The third kappa shape index (κ3) is 8.79. The van der Waals surface area contributed by atoms with Gasteiger partial charge in [-0.05, 0) is 32.0 Å². The van der Waals surface area contributed by atoms with Crippen molar-refractivity contribution in [3.63, 3.8) is 0 Å². The molecule has 3 rings (SSSR count). The second-order valence-corrected chi connectivity index (χ2v) is 9.23. The summed E-state index contributed by atoms with van der Waals surface area (Å²) >= 11 is 0. The summed E-state index contributed by atoms with van der Waals surface area (Å²) in [7, 11) is 1.60. The Morgan fingerprint density at radius 1 is 1.21 bits per heavy atom. The lowest BCUT2D eigenvalue weighted by Crippen LogP contribution is -2.52. The number of morpholine rings is 2. The molecular weight excluding hydrogens is 438 g/mol. The first-order valence-electron chi connectivity index (χ1n) is 12.3. The van der Waals surface area contributed by atoms with Crippen LogP contribution in [0.2, 0.25) is 0 Å². The predicted octanol–water partition coefficient (Wildman–Crippen LogP) is 0.956. The van der Waals surface area contributed by atoms with Gasteiger partial charge in [0.05, 0.1) is 51.8 Å². The lowest BCUT2D eigenvalue weighted by atomic mass is 10.1. The fraction of sp³-hybridized carbons (Fsp3) is 0.720. The van der Waals surface area contributed by atoms with Crippen molar-refractivity contribution >= 4 is 5.91 Å². The third-order valence-corrected chi connectivity index (χ3v) is 6.13. The van der Waals surface area contributed by atoms with Gasteiger partial charge in [0, 0.05) is 57.9 Å². The molecule has 0 spiro atoms. The first-order valence-corrected chi connectivity index (χ1v) is 12.3. The molecule has 9 nitrogen and oxygen atoms in total. The molecule has 0 radical (unpaired) electrons. The molecule has 0 saturated carbocycles. The highest BCUT2D eigenvalue weighted by atomic mass is 16.5. The first-order chi connectivity index (χ1) is 16.4. The minimum atomic E-state index is -0.544. The van der Waals surface area contributed by atoms with E-state index in [0.717, 1.165) is 39.4 Å². The number of carbonyl (C=O) groups excluding carboxylic acids is 1. The van der Waals surface area contributed by atoms with Gasteiger partial charge in [0.1, 0.15) is 5.75 Å². The first kappa shape index (κ1) is 26.8. The molecule has 2 aliphatic rings. The monoisotopic (exact) mass is 479 g/mol. The van der Waals surface area contributed by atoms with Crippen molar-refractivity contribution in [1.82, 2.24) is 14.7 Å². The number of β-amino-alcohol motifs (C(OH)–C–C–N with tert-alkyl or cyclic N) is 1. The van der Waals surface area contributed by atoms with Gasteiger partial charge in [0.2, 0.25) is 0 Å². The van der Waals surface area contributed by atoms with E-state index in [0.29, 0.717) is 50.7 Å². The van der Waals surface area contributed by atoms with E-state index in [1.54, 1.807) is 13.2 Å². The standard InChI is InChI=1S/C25H41N3O6/c1-20(2)34-19-22(29)16-27-11-14-33-24(17-27)18-28(8-7-26-9-12-32-13-10-26)25(30)21-5-4-6-23(15-21)31-3/h4-6,15,20,22,24,29H,7-14,16-19H2,1-3H3/t22-,24+/m0/s1. The van der Waals surface area contributed by atoms with Crippen LogP contribution in [0.3, 0.4) is 0 Å². The zero-order valence-corrected chi connectivity index (χ0v) is 20.9. The number of rotatable bonds is 12. The van der Waals surface area contributed by atoms with Crippen LogP contribution >= 0.6 is 0 Å². The molecule has 0 aromatic heterocycles. The summed E-state index contributed by atoms with van der Waals surface area (Å²) in [6.45, 7) is 11.9. The van der Waals surface area contributed by atoms with Crippen LogP contribution in [-0.4, -0.2) is 130 Å². The summed E-state index contributed by atoms with van der Waals surface area (Å²) in [5.74, 6) is 0.634. The smallest absolute Gasteiger partial charge is 0.254 e. The van der Waals surface area contributed by atoms with Crippen molar-refractivity contribution in [1.29, 1.82) is 0 Å². The average molecular weight is 480 g/mol. The van der Waals surface area contributed by atoms with Gasteiger partial charge in [-0.15, -0.1) is 0 Å². The second-order valence-electron chi connectivity index (χ2n) is 9.23. The molecule has 1 aromatic carbocycles. The Morgan fingerprint density at radius 2 is 1.97 bits per heavy atom. The Labute approximate surface area is 203 Å². The van der Waals surface area contributed by atoms with E-state index in [1.807, 2.05) is 36.9 Å². The van der Waals surface area contributed by atoms with Crippen LogP contribution in [0.25, 0.3) is 0 Å². The van der Waals surface area contributed by atoms with E-state index in [1.165, 1.54) is 0 Å². The van der Waals surface area contributed by atoms with Crippen LogP contribution in [0.1, 0.15) is 24.2 Å². The average Bonchev–Trinajstić information content (AvgIpc) is 2.85. The van der Waals surface area contributed by atoms with Crippen molar-refractivity contribution in [3.05, 3.63) is 29.8 Å². The summed E-state index contributed by atoms with van der Waals surface area (Å²) in [5.41, 5.74) is 0.607. The molecule has 2 aliphatic heterocycles. The normalized spacial score (nSPS) is 20.9. The van der Waals surface area contributed by atoms with Gasteiger partial charge in [0.25, 0.3) is 5.91 Å². The molecule has 2 saturated heterocycles. The Morgan fingerprint density at radius 3 is 2.71 bits per heavy atom. The van der Waals surface area contributed by atoms with Gasteiger partial charge >= 0.3 is 0 Å². The van der Waals surface area contributed by atoms with E-state index >= 15 is 0 Å². The summed E-state index contributed by atoms with van der Waals surface area (Å²) in [6, 6.07) is 7.28. The van der Waals surface area contributed by atoms with E-state index in [4.69, 9.17) is 18.9 Å². The van der Waals surface area contributed by atoms with Gasteiger partial charge in [-0.25, -0.2) is 0 Å². The van der Waals surface area contributed by atoms with Gasteiger partial charge < -0.3 is 29.0 Å². The molecule has 1 amide bonds. The topological polar surface area (TPSA) is 83.9 Å². The lowest BCUT2D eigenvalue weighted by molar-refractivity contribution is -0.0633. The maximum Gasteiger partial charge on any atom is 0.254 e. The predicted molar refractivity (Wildman–Crippen MR) is 129 cm³/mol. The van der Waals surface area contributed by atoms with E-state index < -0.39 is 6.10 Å². The summed E-state index contributed by atoms with van der Waals surface area (Å²) in [5, 5.41) is 10.3. The number of amides is 1. The van der Waals surface area contributed by atoms with Crippen molar-refractivity contribution in [2.24, 2.45) is 0 Å². The lowest BCUT2D eigenvalue weighted by Gasteiger charge is -2.37. The molecule has 0 bridgehead atoms. The maximum absolute atomic E-state index is 13.5. The van der Waals surface area contributed by atoms with Crippen LogP contribution in [0.5, 0.6) is 5.75 Å². The van der Waals surface area contributed by atoms with Gasteiger partial charge in [0.15, 0.2) is 0 Å². The number of hydrogen-bond donors (Lipinski definition) is 1. The third-order valence-electron chi connectivity index (χ3n) is 6.13. The molecule has 0 unspecified atom stereocenters. The molecule has 1 N–H and O–H groups in total. The van der Waals surface area contributed by atoms with Crippen LogP contribution < -0.4 is 4.74 Å². The summed E-state index contributed by atoms with van der Waals surface area (Å²) in [6.07, 6.45) is -0.571. The minimum Gasteiger partial charge on any atom is -0.497 e. The summed E-state index contributed by atoms with van der Waals surface area (Å²) in [4.78, 5) is 19.9. The number of ether oxygens (including phenoxy) is 4. The Bertz CT molecular complexity index is 743. The number of benzene rings is 1. The van der Waals surface area contributed by atoms with Crippen LogP contribution in [0.4, 0.5) is 0 Å². The highest BCUT2D eigenvalue weighted by Crippen LogP contribution is 2.16. The van der Waals surface area contributed by atoms with Crippen LogP contribution in [-0.2, 0) is 14.2 Å². The Hall–Kier alpha value is -1.75. The van der Waals surface area contributed by atoms with Crippen molar-refractivity contribution in [2.45, 2.75) is 32.2 Å². The largest absolute Gasteiger partial charge is 0.497 e. The molecule has 9 heteroatoms. The zero-order valence-electron chi connectivity index (χ0n) is 20.9. The Balaban J connectivity index is 1.61. The zero-order chi connectivity index (χ0) is 24.3. The van der Waals surface area contributed by atoms with E-state index in [2.05, 4.69) is 9.80 Å². The number of methoxy groups -OCH3 is 1. The Kier molecular flexibility index (Phi) is 11.0. The van der Waals surface area contributed by atoms with E-state index in [-0.39, 0.29) is 18.1 Å². The minimum absolute atomic E-state index is 0.0294. The highest BCUT2D eigenvalue weighted by molar-refractivity contribution is 5.94. The number of aliphatic hydroxyl groups excluding tert-OH is 1. The highest BCUT2D eigenvalue weighted by Gasteiger charge is 2.27. The molecule has 2 heterocycles. The van der Waals surface area contributed by atoms with Gasteiger partial charge in [-0.2, -0.15) is 0 Å². The molecule has 34 heavy (non-hydrogen) atoms. The SMILES string of the molecule is COc1cccc(C(=O)N(CCN2CCOCC2)C[C@H]2CN(C[C@H](O)COC(C)C)CCO2)c1. The molecular formula is C25H41N3O6. The second kappa shape index (κ2) is 14.0. The fourth-order valence-electron chi connectivity index (χ4n) is 4.26. The number of carbonyl (C=O) groups is 1. The fourth-order valence-corrected chi connectivity index (χ4v) is 4.26. The molecule has 2 atom stereocenters. The van der Waals surface area contributed by atoms with E-state index in [9.17, 15) is 9.90 Å². The quantitative estimate of drug-likeness (QED) is 0.475. The number of aliphatic hydroxyl groups is 1. The van der Waals surface area contributed by atoms with Crippen molar-refractivity contribution in [3.8, 4) is 5.75 Å². The van der Waals surface area contributed by atoms with Crippen molar-refractivity contribution < 1.29 is 28.8 Å². The van der Waals surface area contributed by atoms with Crippen LogP contribution in [0.15, 0.2) is 24.3 Å². The maximum atomic E-state index is 13.5. The molecule has 0 aliphatic carbocycles. The van der Waals surface area contributed by atoms with Crippen LogP contribution in [0, 0.1) is 0 Å². The van der Waals surface area contributed by atoms with Gasteiger partial charge in [-0.1, -0.05) is 6.07 Å². The van der Waals surface area contributed by atoms with Crippen molar-refractivity contribution in [2.75, 3.05) is 85.9 Å². The van der Waals surface area contributed by atoms with Gasteiger partial charge in [-0.3, -0.25) is 14.6 Å². The molecule has 1 aromatic rings. The number of nitrogens with zero attached hydrogens (tertiary/aromatic N) is 3. The summed E-state index contributed by atoms with van der Waals surface area (Å²) < 4.78 is 22.3.